The van der Waals surface area contributed by atoms with Gasteiger partial charge in [-0.3, -0.25) is 4.79 Å². The molecule has 0 bridgehead atoms. The maximum absolute atomic E-state index is 11.5. The van der Waals surface area contributed by atoms with Crippen molar-refractivity contribution >= 4 is 28.4 Å². The summed E-state index contributed by atoms with van der Waals surface area (Å²) in [5, 5.41) is 0. The Balaban J connectivity index is 0. The van der Waals surface area contributed by atoms with Gasteiger partial charge < -0.3 is 10.5 Å². The number of nitrogens with one attached hydrogen (secondary N) is 1. The van der Waals surface area contributed by atoms with Gasteiger partial charge in [0.25, 0.3) is 0 Å². The number of methoxy groups -OCH3 is 1. The third-order valence-corrected chi connectivity index (χ3v) is 3.50. The van der Waals surface area contributed by atoms with Crippen LogP contribution in [-0.2, 0) is 19.6 Å². The van der Waals surface area contributed by atoms with Crippen LogP contribution in [0.2, 0.25) is 0 Å². The van der Waals surface area contributed by atoms with Crippen molar-refractivity contribution in [1.82, 2.24) is 4.72 Å². The number of rotatable bonds is 8. The highest BCUT2D eigenvalue weighted by atomic mass is 35.5. The minimum atomic E-state index is -3.43. The van der Waals surface area contributed by atoms with Gasteiger partial charge in [-0.05, 0) is 19.4 Å². The van der Waals surface area contributed by atoms with Gasteiger partial charge in [-0.15, -0.1) is 12.4 Å². The van der Waals surface area contributed by atoms with Gasteiger partial charge >= 0.3 is 5.97 Å². The molecule has 0 heterocycles. The van der Waals surface area contributed by atoms with Gasteiger partial charge in [0.05, 0.1) is 12.9 Å². The van der Waals surface area contributed by atoms with Crippen molar-refractivity contribution in [1.29, 1.82) is 0 Å². The molecule has 1 atom stereocenters. The Morgan fingerprint density at radius 1 is 1.47 bits per heavy atom. The van der Waals surface area contributed by atoms with Crippen LogP contribution < -0.4 is 10.5 Å². The molecule has 0 unspecified atom stereocenters. The van der Waals surface area contributed by atoms with Crippen LogP contribution >= 0.6 is 12.4 Å². The van der Waals surface area contributed by atoms with Crippen LogP contribution in [0, 0.1) is 0 Å². The van der Waals surface area contributed by atoms with E-state index in [1.807, 2.05) is 6.92 Å². The molecule has 0 rings (SSSR count). The third kappa shape index (κ3) is 8.37. The molecule has 6 nitrogen and oxygen atoms in total. The van der Waals surface area contributed by atoms with Crippen molar-refractivity contribution in [2.75, 3.05) is 19.4 Å². The second-order valence-corrected chi connectivity index (χ2v) is 5.32. The maximum atomic E-state index is 11.5. The minimum absolute atomic E-state index is 0. The Morgan fingerprint density at radius 3 is 2.47 bits per heavy atom. The number of sulfonamides is 1. The van der Waals surface area contributed by atoms with Crippen LogP contribution in [0.15, 0.2) is 0 Å². The van der Waals surface area contributed by atoms with Crippen molar-refractivity contribution in [3.8, 4) is 0 Å². The maximum Gasteiger partial charge on any atom is 0.323 e. The summed E-state index contributed by atoms with van der Waals surface area (Å²) < 4.78 is 29.9. The highest BCUT2D eigenvalue weighted by molar-refractivity contribution is 7.89. The number of hydrogen-bond acceptors (Lipinski definition) is 5. The molecular formula is C9H21ClN2O4S. The number of ether oxygens (including phenoxy) is 1. The van der Waals surface area contributed by atoms with Crippen LogP contribution in [0.1, 0.15) is 26.2 Å². The first-order valence-electron chi connectivity index (χ1n) is 5.24. The number of hydrogen-bond donors (Lipinski definition) is 2. The Labute approximate surface area is 109 Å². The van der Waals surface area contributed by atoms with Gasteiger partial charge in [-0.25, -0.2) is 13.1 Å². The van der Waals surface area contributed by atoms with Gasteiger partial charge in [0.15, 0.2) is 0 Å². The van der Waals surface area contributed by atoms with Gasteiger partial charge in [0, 0.05) is 0 Å². The minimum Gasteiger partial charge on any atom is -0.468 e. The summed E-state index contributed by atoms with van der Waals surface area (Å²) in [4.78, 5) is 11.2. The lowest BCUT2D eigenvalue weighted by Gasteiger charge is -2.15. The molecule has 0 aromatic rings. The predicted molar refractivity (Wildman–Crippen MR) is 68.6 cm³/mol. The normalized spacial score (nSPS) is 12.6. The van der Waals surface area contributed by atoms with Crippen molar-refractivity contribution < 1.29 is 17.9 Å². The van der Waals surface area contributed by atoms with E-state index in [4.69, 9.17) is 5.73 Å². The van der Waals surface area contributed by atoms with Crippen LogP contribution in [0.5, 0.6) is 0 Å². The van der Waals surface area contributed by atoms with E-state index >= 15 is 0 Å². The topological polar surface area (TPSA) is 98.5 Å². The molecule has 0 saturated heterocycles. The average Bonchev–Trinajstić information content (AvgIpc) is 2.24. The van der Waals surface area contributed by atoms with Crippen molar-refractivity contribution in [2.24, 2.45) is 5.73 Å². The monoisotopic (exact) mass is 288 g/mol. The lowest BCUT2D eigenvalue weighted by atomic mass is 10.2. The molecule has 0 spiro atoms. The summed E-state index contributed by atoms with van der Waals surface area (Å²) in [5.41, 5.74) is 5.30. The Morgan fingerprint density at radius 2 is 2.06 bits per heavy atom. The lowest BCUT2D eigenvalue weighted by Crippen LogP contribution is -2.43. The van der Waals surface area contributed by atoms with Crippen LogP contribution in [-0.4, -0.2) is 39.8 Å². The smallest absolute Gasteiger partial charge is 0.323 e. The lowest BCUT2D eigenvalue weighted by molar-refractivity contribution is -0.142. The molecule has 0 aromatic heterocycles. The average molecular weight is 289 g/mol. The number of halogens is 1. The second kappa shape index (κ2) is 9.64. The fourth-order valence-corrected chi connectivity index (χ4v) is 2.58. The summed E-state index contributed by atoms with van der Waals surface area (Å²) in [6.07, 6.45) is 1.57. The quantitative estimate of drug-likeness (QED) is 0.614. The van der Waals surface area contributed by atoms with E-state index in [2.05, 4.69) is 9.46 Å². The Bertz CT molecular complexity index is 308. The van der Waals surface area contributed by atoms with Gasteiger partial charge in [-0.2, -0.15) is 0 Å². The van der Waals surface area contributed by atoms with E-state index in [-0.39, 0.29) is 31.1 Å². The predicted octanol–water partition coefficient (Wildman–Crippen LogP) is 0.0181. The fourth-order valence-electron chi connectivity index (χ4n) is 1.14. The summed E-state index contributed by atoms with van der Waals surface area (Å²) in [7, 11) is -2.21. The summed E-state index contributed by atoms with van der Waals surface area (Å²) >= 11 is 0. The van der Waals surface area contributed by atoms with E-state index in [1.54, 1.807) is 0 Å². The molecule has 104 valence electrons. The molecular weight excluding hydrogens is 268 g/mol. The Kier molecular flexibility index (Phi) is 10.8. The summed E-state index contributed by atoms with van der Waals surface area (Å²) in [6.45, 7) is 2.11. The zero-order valence-corrected chi connectivity index (χ0v) is 11.8. The molecule has 3 N–H and O–H groups in total. The first-order valence-corrected chi connectivity index (χ1v) is 6.90. The zero-order chi connectivity index (χ0) is 12.6. The number of carbonyl (C=O) groups is 1. The second-order valence-electron chi connectivity index (χ2n) is 3.44. The zero-order valence-electron chi connectivity index (χ0n) is 10.1. The first kappa shape index (κ1) is 19.0. The molecule has 0 fully saturated rings. The molecule has 0 aliphatic rings. The van der Waals surface area contributed by atoms with Gasteiger partial charge in [0.1, 0.15) is 6.04 Å². The van der Waals surface area contributed by atoms with Crippen molar-refractivity contribution in [2.45, 2.75) is 32.2 Å². The third-order valence-electron chi connectivity index (χ3n) is 2.03. The molecule has 0 radical (unpaired) electrons. The van der Waals surface area contributed by atoms with E-state index in [0.717, 1.165) is 6.42 Å². The van der Waals surface area contributed by atoms with Gasteiger partial charge in [0.2, 0.25) is 10.0 Å². The molecule has 17 heavy (non-hydrogen) atoms. The number of esters is 1. The molecule has 8 heteroatoms. The first-order chi connectivity index (χ1) is 7.46. The van der Waals surface area contributed by atoms with E-state index in [9.17, 15) is 13.2 Å². The largest absolute Gasteiger partial charge is 0.468 e. The van der Waals surface area contributed by atoms with Crippen LogP contribution in [0.4, 0.5) is 0 Å². The fraction of sp³-hybridized carbons (Fsp3) is 0.889. The summed E-state index contributed by atoms with van der Waals surface area (Å²) in [5.74, 6) is -0.591. The number of nitrogens with two attached hydrogens (primary N) is 1. The van der Waals surface area contributed by atoms with Crippen LogP contribution in [0.3, 0.4) is 0 Å². The molecule has 0 aliphatic carbocycles. The molecule has 0 aliphatic heterocycles. The van der Waals surface area contributed by atoms with Crippen molar-refractivity contribution in [3.05, 3.63) is 0 Å². The van der Waals surface area contributed by atoms with E-state index in [1.165, 1.54) is 7.11 Å². The molecule has 0 amide bonds. The standard InChI is InChI=1S/C9H20N2O4S.ClH/c1-3-4-7-16(13,14)11-8(5-6-10)9(12)15-2;/h8,11H,3-7,10H2,1-2H3;1H/t8-;/m0./s1. The molecule has 0 aromatic carbocycles. The van der Waals surface area contributed by atoms with E-state index < -0.39 is 22.0 Å². The molecule has 0 saturated carbocycles. The highest BCUT2D eigenvalue weighted by Gasteiger charge is 2.23. The summed E-state index contributed by atoms with van der Waals surface area (Å²) in [6, 6.07) is -0.878. The number of carbonyl (C=O) groups excluding carboxylic acids is 1. The number of unbranched alkanes of at least 4 members (excludes halogenated alkanes) is 1. The highest BCUT2D eigenvalue weighted by Crippen LogP contribution is 2.00. The van der Waals surface area contributed by atoms with Crippen LogP contribution in [0.25, 0.3) is 0 Å². The van der Waals surface area contributed by atoms with E-state index in [0.29, 0.717) is 6.42 Å². The Hall–Kier alpha value is -0.370. The van der Waals surface area contributed by atoms with Gasteiger partial charge in [-0.1, -0.05) is 13.3 Å². The van der Waals surface area contributed by atoms with Crippen molar-refractivity contribution in [3.63, 3.8) is 0 Å². The SMILES string of the molecule is CCCCS(=O)(=O)N[C@@H](CCN)C(=O)OC.Cl.